The maximum absolute atomic E-state index is 5.25. The van der Waals surface area contributed by atoms with E-state index in [1.165, 1.54) is 12.8 Å². The van der Waals surface area contributed by atoms with E-state index in [1.807, 2.05) is 18.3 Å². The lowest BCUT2D eigenvalue weighted by atomic mass is 9.64. The minimum Gasteiger partial charge on any atom is -0.380 e. The summed E-state index contributed by atoms with van der Waals surface area (Å²) in [6.45, 7) is 1.91. The molecule has 3 rings (SSSR count). The number of rotatable bonds is 2. The summed E-state index contributed by atoms with van der Waals surface area (Å²) < 4.78 is 6.32. The number of nitrogens with one attached hydrogen (secondary N) is 1. The summed E-state index contributed by atoms with van der Waals surface area (Å²) in [4.78, 5) is 4.28. The van der Waals surface area contributed by atoms with Crippen molar-refractivity contribution >= 4 is 21.7 Å². The molecule has 1 saturated carbocycles. The van der Waals surface area contributed by atoms with Crippen molar-refractivity contribution in [3.05, 3.63) is 22.8 Å². The second-order valence-corrected chi connectivity index (χ2v) is 5.52. The van der Waals surface area contributed by atoms with Crippen molar-refractivity contribution < 1.29 is 4.74 Å². The number of halogens is 1. The third kappa shape index (κ3) is 1.76. The van der Waals surface area contributed by atoms with Crippen molar-refractivity contribution in [3.63, 3.8) is 0 Å². The molecule has 3 nitrogen and oxygen atoms in total. The molecule has 0 radical (unpaired) electrons. The van der Waals surface area contributed by atoms with Gasteiger partial charge in [-0.3, -0.25) is 0 Å². The van der Waals surface area contributed by atoms with Crippen LogP contribution in [-0.2, 0) is 4.74 Å². The lowest BCUT2D eigenvalue weighted by molar-refractivity contribution is -0.159. The molecule has 1 N–H and O–H groups in total. The van der Waals surface area contributed by atoms with E-state index in [4.69, 9.17) is 4.74 Å². The molecule has 2 aliphatic rings. The van der Waals surface area contributed by atoms with Crippen LogP contribution < -0.4 is 5.32 Å². The highest BCUT2D eigenvalue weighted by Gasteiger charge is 2.49. The molecule has 0 amide bonds. The fraction of sp³-hybridized carbons (Fsp3) is 0.545. The van der Waals surface area contributed by atoms with Crippen LogP contribution in [0.3, 0.4) is 0 Å². The van der Waals surface area contributed by atoms with E-state index in [0.717, 1.165) is 23.5 Å². The first-order valence-corrected chi connectivity index (χ1v) is 6.01. The van der Waals surface area contributed by atoms with Crippen LogP contribution in [0, 0.1) is 5.41 Å². The predicted molar refractivity (Wildman–Crippen MR) is 61.8 cm³/mol. The highest BCUT2D eigenvalue weighted by atomic mass is 79.9. The molecule has 2 heterocycles. The van der Waals surface area contributed by atoms with Gasteiger partial charge in [0.15, 0.2) is 0 Å². The Morgan fingerprint density at radius 2 is 2.27 bits per heavy atom. The average Bonchev–Trinajstić information content (AvgIpc) is 2.07. The van der Waals surface area contributed by atoms with E-state index in [1.54, 1.807) is 0 Å². The third-order valence-corrected chi connectivity index (χ3v) is 3.74. The summed E-state index contributed by atoms with van der Waals surface area (Å²) in [6.07, 6.45) is 4.26. The second-order valence-electron chi connectivity index (χ2n) is 4.60. The van der Waals surface area contributed by atoms with E-state index >= 15 is 0 Å². The van der Waals surface area contributed by atoms with Crippen LogP contribution in [-0.4, -0.2) is 24.2 Å². The van der Waals surface area contributed by atoms with Crippen LogP contribution >= 0.6 is 15.9 Å². The second kappa shape index (κ2) is 3.46. The van der Waals surface area contributed by atoms with Crippen LogP contribution in [0.25, 0.3) is 0 Å². The maximum atomic E-state index is 5.25. The Morgan fingerprint density at radius 1 is 1.47 bits per heavy atom. The lowest BCUT2D eigenvalue weighted by Crippen LogP contribution is -2.56. The molecule has 1 aliphatic heterocycles. The first-order valence-electron chi connectivity index (χ1n) is 5.22. The topological polar surface area (TPSA) is 34.2 Å². The van der Waals surface area contributed by atoms with Gasteiger partial charge in [-0.25, -0.2) is 4.98 Å². The number of hydrogen-bond donors (Lipinski definition) is 1. The number of aromatic nitrogens is 1. The number of ether oxygens (including phenoxy) is 1. The fourth-order valence-corrected chi connectivity index (χ4v) is 2.74. The van der Waals surface area contributed by atoms with Gasteiger partial charge in [-0.05, 0) is 25.0 Å². The van der Waals surface area contributed by atoms with Gasteiger partial charge in [0.05, 0.1) is 13.2 Å². The van der Waals surface area contributed by atoms with E-state index in [-0.39, 0.29) is 0 Å². The summed E-state index contributed by atoms with van der Waals surface area (Å²) in [5.41, 5.74) is 0.518. The molecule has 1 saturated heterocycles. The highest BCUT2D eigenvalue weighted by molar-refractivity contribution is 9.10. The minimum absolute atomic E-state index is 0.518. The molecule has 15 heavy (non-hydrogen) atoms. The number of pyridine rings is 1. The molecular formula is C11H13BrN2O. The van der Waals surface area contributed by atoms with E-state index < -0.39 is 0 Å². The Hall–Kier alpha value is -0.610. The Morgan fingerprint density at radius 3 is 2.87 bits per heavy atom. The molecular weight excluding hydrogens is 256 g/mol. The first-order chi connectivity index (χ1) is 7.26. The van der Waals surface area contributed by atoms with Gasteiger partial charge >= 0.3 is 0 Å². The number of nitrogens with zero attached hydrogens (tertiary/aromatic N) is 1. The molecule has 0 bridgehead atoms. The largest absolute Gasteiger partial charge is 0.380 e. The van der Waals surface area contributed by atoms with Gasteiger partial charge in [0.25, 0.3) is 0 Å². The Kier molecular flexibility index (Phi) is 2.21. The molecule has 1 aromatic heterocycles. The third-order valence-electron chi connectivity index (χ3n) is 3.25. The fourth-order valence-electron chi connectivity index (χ4n) is 2.41. The lowest BCUT2D eigenvalue weighted by Gasteiger charge is -2.53. The van der Waals surface area contributed by atoms with Crippen molar-refractivity contribution in [3.8, 4) is 0 Å². The Bertz CT molecular complexity index is 371. The zero-order valence-corrected chi connectivity index (χ0v) is 9.96. The van der Waals surface area contributed by atoms with Crippen molar-refractivity contribution in [2.75, 3.05) is 18.5 Å². The van der Waals surface area contributed by atoms with Crippen molar-refractivity contribution in [1.82, 2.24) is 4.98 Å². The van der Waals surface area contributed by atoms with Gasteiger partial charge in [0, 0.05) is 22.1 Å². The quantitative estimate of drug-likeness (QED) is 0.895. The molecule has 2 fully saturated rings. The van der Waals surface area contributed by atoms with Crippen LogP contribution in [0.5, 0.6) is 0 Å². The number of hydrogen-bond acceptors (Lipinski definition) is 3. The minimum atomic E-state index is 0.518. The molecule has 1 spiro atoms. The van der Waals surface area contributed by atoms with Gasteiger partial charge in [-0.15, -0.1) is 0 Å². The monoisotopic (exact) mass is 268 g/mol. The maximum Gasteiger partial charge on any atom is 0.127 e. The van der Waals surface area contributed by atoms with Gasteiger partial charge in [-0.2, -0.15) is 0 Å². The Labute approximate surface area is 97.4 Å². The van der Waals surface area contributed by atoms with Gasteiger partial charge < -0.3 is 10.1 Å². The van der Waals surface area contributed by atoms with Crippen LogP contribution in [0.4, 0.5) is 5.82 Å². The van der Waals surface area contributed by atoms with Crippen molar-refractivity contribution in [1.29, 1.82) is 0 Å². The summed E-state index contributed by atoms with van der Waals surface area (Å²) in [7, 11) is 0. The summed E-state index contributed by atoms with van der Waals surface area (Å²) in [6, 6.07) is 4.53. The van der Waals surface area contributed by atoms with Crippen molar-refractivity contribution in [2.24, 2.45) is 5.41 Å². The van der Waals surface area contributed by atoms with Gasteiger partial charge in [-0.1, -0.05) is 15.9 Å². The molecule has 80 valence electrons. The number of anilines is 1. The van der Waals surface area contributed by atoms with Crippen LogP contribution in [0.15, 0.2) is 22.8 Å². The molecule has 0 unspecified atom stereocenters. The van der Waals surface area contributed by atoms with E-state index in [0.29, 0.717) is 11.5 Å². The average molecular weight is 269 g/mol. The normalized spacial score (nSPS) is 23.3. The highest BCUT2D eigenvalue weighted by Crippen LogP contribution is 2.47. The van der Waals surface area contributed by atoms with Crippen molar-refractivity contribution in [2.45, 2.75) is 18.9 Å². The van der Waals surface area contributed by atoms with Gasteiger partial charge in [0.1, 0.15) is 5.82 Å². The van der Waals surface area contributed by atoms with E-state index in [2.05, 4.69) is 26.2 Å². The first kappa shape index (κ1) is 9.60. The zero-order chi connectivity index (χ0) is 10.3. The summed E-state index contributed by atoms with van der Waals surface area (Å²) in [5, 5.41) is 3.45. The van der Waals surface area contributed by atoms with Crippen LogP contribution in [0.1, 0.15) is 12.8 Å². The summed E-state index contributed by atoms with van der Waals surface area (Å²) >= 11 is 3.44. The predicted octanol–water partition coefficient (Wildman–Crippen LogP) is 2.44. The molecule has 1 aromatic rings. The Balaban J connectivity index is 1.58. The van der Waals surface area contributed by atoms with E-state index in [9.17, 15) is 0 Å². The van der Waals surface area contributed by atoms with Crippen LogP contribution in [0.2, 0.25) is 0 Å². The smallest absolute Gasteiger partial charge is 0.127 e. The standard InChI is InChI=1S/C11H13BrN2O/c12-8-1-2-13-10(3-8)14-9-4-11(5-9)6-15-7-11/h1-3,9H,4-7H2,(H,13,14). The molecule has 4 heteroatoms. The molecule has 0 atom stereocenters. The zero-order valence-electron chi connectivity index (χ0n) is 8.37. The SMILES string of the molecule is Brc1ccnc(NC2CC3(COC3)C2)c1. The van der Waals surface area contributed by atoms with Gasteiger partial charge in [0.2, 0.25) is 0 Å². The molecule has 1 aliphatic carbocycles. The summed E-state index contributed by atoms with van der Waals surface area (Å²) in [5.74, 6) is 0.962. The molecule has 0 aromatic carbocycles.